The summed E-state index contributed by atoms with van der Waals surface area (Å²) in [7, 11) is 0. The fourth-order valence-corrected chi connectivity index (χ4v) is 3.08. The van der Waals surface area contributed by atoms with E-state index in [0.717, 1.165) is 12.3 Å². The van der Waals surface area contributed by atoms with Crippen molar-refractivity contribution in [3.63, 3.8) is 0 Å². The summed E-state index contributed by atoms with van der Waals surface area (Å²) in [5.74, 6) is -0.662. The lowest BCUT2D eigenvalue weighted by Gasteiger charge is -2.23. The first-order valence-corrected chi connectivity index (χ1v) is 7.80. The van der Waals surface area contributed by atoms with Gasteiger partial charge in [-0.05, 0) is 30.4 Å². The Bertz CT molecular complexity index is 389. The number of hydrogen-bond donors (Lipinski definition) is 1. The minimum atomic E-state index is -2.34. The topological polar surface area (TPSA) is 25.2 Å². The summed E-state index contributed by atoms with van der Waals surface area (Å²) < 4.78 is 29.6. The highest BCUT2D eigenvalue weighted by Gasteiger charge is 2.27. The lowest BCUT2D eigenvalue weighted by molar-refractivity contribution is 0.251. The summed E-state index contributed by atoms with van der Waals surface area (Å²) in [5, 5.41) is 3.41. The van der Waals surface area contributed by atoms with Crippen molar-refractivity contribution < 1.29 is 13.2 Å². The maximum atomic E-state index is 12.1. The van der Waals surface area contributed by atoms with E-state index in [9.17, 15) is 8.78 Å². The molecule has 1 N–H and O–H groups in total. The molecule has 0 atom stereocenters. The third-order valence-corrected chi connectivity index (χ3v) is 4.43. The molecule has 0 amide bonds. The molecule has 1 aliphatic rings. The summed E-state index contributed by atoms with van der Waals surface area (Å²) >= 11 is 0.594. The molecule has 1 heterocycles. The van der Waals surface area contributed by atoms with Crippen LogP contribution in [0.25, 0.3) is 0 Å². The van der Waals surface area contributed by atoms with Crippen molar-refractivity contribution in [3.05, 3.63) is 23.7 Å². The summed E-state index contributed by atoms with van der Waals surface area (Å²) in [6, 6.07) is 3.65. The van der Waals surface area contributed by atoms with Gasteiger partial charge in [-0.3, -0.25) is 0 Å². The Kier molecular flexibility index (Phi) is 5.28. The smallest absolute Gasteiger partial charge is 0.284 e. The molecule has 0 radical (unpaired) electrons. The quantitative estimate of drug-likeness (QED) is 0.805. The van der Waals surface area contributed by atoms with E-state index in [1.54, 1.807) is 6.07 Å². The molecule has 2 rings (SSSR count). The van der Waals surface area contributed by atoms with Crippen LogP contribution in [0, 0.1) is 5.41 Å². The minimum absolute atomic E-state index is 0.232. The summed E-state index contributed by atoms with van der Waals surface area (Å²) in [5.41, 5.74) is 0.418. The number of rotatable bonds is 7. The van der Waals surface area contributed by atoms with Gasteiger partial charge in [-0.25, -0.2) is 0 Å². The van der Waals surface area contributed by atoms with Gasteiger partial charge in [-0.2, -0.15) is 8.78 Å². The standard InChI is InChI=1S/C14H21F2NOS/c1-14(6-2-3-7-14)10-17-8-11-4-5-12(18-11)9-19-13(15)16/h4-5,13,17H,2-3,6-10H2,1H3. The average Bonchev–Trinajstić information content (AvgIpc) is 2.97. The van der Waals surface area contributed by atoms with Gasteiger partial charge < -0.3 is 9.73 Å². The van der Waals surface area contributed by atoms with Crippen LogP contribution in [-0.2, 0) is 12.3 Å². The Morgan fingerprint density at radius 1 is 1.32 bits per heavy atom. The maximum Gasteiger partial charge on any atom is 0.284 e. The van der Waals surface area contributed by atoms with E-state index < -0.39 is 5.76 Å². The molecule has 2 nitrogen and oxygen atoms in total. The van der Waals surface area contributed by atoms with Gasteiger partial charge in [0.1, 0.15) is 11.5 Å². The van der Waals surface area contributed by atoms with E-state index in [2.05, 4.69) is 12.2 Å². The van der Waals surface area contributed by atoms with E-state index in [4.69, 9.17) is 4.42 Å². The van der Waals surface area contributed by atoms with Gasteiger partial charge in [0, 0.05) is 6.54 Å². The molecule has 0 aromatic carbocycles. The Morgan fingerprint density at radius 3 is 2.68 bits per heavy atom. The normalized spacial score (nSPS) is 18.3. The zero-order valence-electron chi connectivity index (χ0n) is 11.3. The highest BCUT2D eigenvalue weighted by molar-refractivity contribution is 7.98. The Labute approximate surface area is 117 Å². The Balaban J connectivity index is 1.71. The number of hydrogen-bond acceptors (Lipinski definition) is 3. The molecule has 1 saturated carbocycles. The second-order valence-corrected chi connectivity index (χ2v) is 6.54. The van der Waals surface area contributed by atoms with Crippen molar-refractivity contribution in [2.45, 2.75) is 50.7 Å². The van der Waals surface area contributed by atoms with Crippen LogP contribution >= 0.6 is 11.8 Å². The third kappa shape index (κ3) is 4.80. The Morgan fingerprint density at radius 2 is 2.00 bits per heavy atom. The van der Waals surface area contributed by atoms with Crippen molar-refractivity contribution in [1.82, 2.24) is 5.32 Å². The maximum absolute atomic E-state index is 12.1. The van der Waals surface area contributed by atoms with Gasteiger partial charge in [0.2, 0.25) is 0 Å². The lowest BCUT2D eigenvalue weighted by Crippen LogP contribution is -2.28. The molecule has 1 aromatic heterocycles. The first-order valence-electron chi connectivity index (χ1n) is 6.75. The van der Waals surface area contributed by atoms with Gasteiger partial charge in [0.25, 0.3) is 5.76 Å². The SMILES string of the molecule is CC1(CNCc2ccc(CSC(F)F)o2)CCCC1. The predicted octanol–water partition coefficient (Wildman–Crippen LogP) is 4.41. The van der Waals surface area contributed by atoms with Crippen LogP contribution in [0.15, 0.2) is 16.5 Å². The molecule has 1 fully saturated rings. The van der Waals surface area contributed by atoms with Gasteiger partial charge in [-0.15, -0.1) is 0 Å². The van der Waals surface area contributed by atoms with E-state index in [-0.39, 0.29) is 5.75 Å². The van der Waals surface area contributed by atoms with Crippen LogP contribution in [-0.4, -0.2) is 12.3 Å². The fraction of sp³-hybridized carbons (Fsp3) is 0.714. The first kappa shape index (κ1) is 14.9. The summed E-state index contributed by atoms with van der Waals surface area (Å²) in [6.07, 6.45) is 5.23. The van der Waals surface area contributed by atoms with Crippen LogP contribution in [0.5, 0.6) is 0 Å². The lowest BCUT2D eigenvalue weighted by atomic mass is 9.89. The fourth-order valence-electron chi connectivity index (χ4n) is 2.63. The molecule has 0 bridgehead atoms. The number of alkyl halides is 2. The van der Waals surface area contributed by atoms with Crippen molar-refractivity contribution >= 4 is 11.8 Å². The molecule has 19 heavy (non-hydrogen) atoms. The van der Waals surface area contributed by atoms with Crippen molar-refractivity contribution in [2.75, 3.05) is 6.54 Å². The van der Waals surface area contributed by atoms with E-state index >= 15 is 0 Å². The van der Waals surface area contributed by atoms with E-state index in [1.165, 1.54) is 25.7 Å². The van der Waals surface area contributed by atoms with Crippen molar-refractivity contribution in [2.24, 2.45) is 5.41 Å². The van der Waals surface area contributed by atoms with Crippen molar-refractivity contribution in [1.29, 1.82) is 0 Å². The Hall–Kier alpha value is -0.550. The number of nitrogens with one attached hydrogen (secondary N) is 1. The molecule has 0 spiro atoms. The molecule has 5 heteroatoms. The van der Waals surface area contributed by atoms with Crippen LogP contribution in [0.2, 0.25) is 0 Å². The molecule has 0 unspecified atom stereocenters. The van der Waals surface area contributed by atoms with Gasteiger partial charge >= 0.3 is 0 Å². The zero-order chi connectivity index (χ0) is 13.7. The second-order valence-electron chi connectivity index (χ2n) is 5.56. The van der Waals surface area contributed by atoms with Crippen LogP contribution in [0.3, 0.4) is 0 Å². The molecule has 1 aromatic rings. The third-order valence-electron chi connectivity index (χ3n) is 3.73. The van der Waals surface area contributed by atoms with Gasteiger partial charge in [-0.1, -0.05) is 31.5 Å². The molecular weight excluding hydrogens is 268 g/mol. The average molecular weight is 289 g/mol. The molecule has 1 aliphatic carbocycles. The first-order chi connectivity index (χ1) is 9.07. The molecular formula is C14H21F2NOS. The van der Waals surface area contributed by atoms with Crippen LogP contribution in [0.1, 0.15) is 44.1 Å². The van der Waals surface area contributed by atoms with E-state index in [0.29, 0.717) is 29.5 Å². The summed E-state index contributed by atoms with van der Waals surface area (Å²) in [6.45, 7) is 3.99. The van der Waals surface area contributed by atoms with Gasteiger partial charge in [0.05, 0.1) is 12.3 Å². The highest BCUT2D eigenvalue weighted by Crippen LogP contribution is 2.36. The van der Waals surface area contributed by atoms with Gasteiger partial charge in [0.15, 0.2) is 0 Å². The minimum Gasteiger partial charge on any atom is -0.464 e. The second kappa shape index (κ2) is 6.75. The zero-order valence-corrected chi connectivity index (χ0v) is 12.1. The largest absolute Gasteiger partial charge is 0.464 e. The number of thioether (sulfide) groups is 1. The van der Waals surface area contributed by atoms with E-state index in [1.807, 2.05) is 6.07 Å². The van der Waals surface area contributed by atoms with Crippen LogP contribution < -0.4 is 5.32 Å². The predicted molar refractivity (Wildman–Crippen MR) is 74.3 cm³/mol. The van der Waals surface area contributed by atoms with Crippen LogP contribution in [0.4, 0.5) is 8.78 Å². The van der Waals surface area contributed by atoms with Crippen molar-refractivity contribution in [3.8, 4) is 0 Å². The highest BCUT2D eigenvalue weighted by atomic mass is 32.2. The molecule has 0 saturated heterocycles. The summed E-state index contributed by atoms with van der Waals surface area (Å²) in [4.78, 5) is 0. The molecule has 0 aliphatic heterocycles. The monoisotopic (exact) mass is 289 g/mol. The number of halogens is 2. The molecule has 108 valence electrons. The number of furan rings is 1.